The lowest BCUT2D eigenvalue weighted by Crippen LogP contribution is -2.49. The van der Waals surface area contributed by atoms with Crippen molar-refractivity contribution in [3.63, 3.8) is 0 Å². The van der Waals surface area contributed by atoms with Crippen molar-refractivity contribution < 1.29 is 4.79 Å². The Hall–Kier alpha value is -0.810. The Morgan fingerprint density at radius 1 is 1.71 bits per heavy atom. The number of aromatic nitrogens is 1. The van der Waals surface area contributed by atoms with Crippen molar-refractivity contribution in [1.82, 2.24) is 9.88 Å². The number of nitrogens with one attached hydrogen (secondary N) is 1. The summed E-state index contributed by atoms with van der Waals surface area (Å²) in [7, 11) is 0. The topological polar surface area (TPSA) is 62.1 Å². The number of hydrogen-bond acceptors (Lipinski definition) is 2. The van der Waals surface area contributed by atoms with Crippen LogP contribution in [0.2, 0.25) is 0 Å². The fourth-order valence-corrected chi connectivity index (χ4v) is 2.73. The minimum atomic E-state index is 0.0538. The van der Waals surface area contributed by atoms with Gasteiger partial charge in [-0.2, -0.15) is 0 Å². The SMILES string of the molecule is CC1CCN(C(=O)c2cc(Br)c[nH]2)C(CN)C1. The molecule has 1 saturated heterocycles. The van der Waals surface area contributed by atoms with Gasteiger partial charge in [-0.15, -0.1) is 0 Å². The summed E-state index contributed by atoms with van der Waals surface area (Å²) >= 11 is 3.34. The normalized spacial score (nSPS) is 25.0. The van der Waals surface area contributed by atoms with Crippen LogP contribution < -0.4 is 5.73 Å². The molecule has 94 valence electrons. The van der Waals surface area contributed by atoms with Crippen molar-refractivity contribution in [2.24, 2.45) is 11.7 Å². The van der Waals surface area contributed by atoms with Gasteiger partial charge in [-0.25, -0.2) is 0 Å². The number of aromatic amines is 1. The number of carbonyl (C=O) groups excluding carboxylic acids is 1. The van der Waals surface area contributed by atoms with Crippen LogP contribution in [0.1, 0.15) is 30.3 Å². The van der Waals surface area contributed by atoms with Crippen molar-refractivity contribution in [3.8, 4) is 0 Å². The molecule has 4 nitrogen and oxygen atoms in total. The van der Waals surface area contributed by atoms with Crippen LogP contribution in [0, 0.1) is 5.92 Å². The molecule has 3 N–H and O–H groups in total. The summed E-state index contributed by atoms with van der Waals surface area (Å²) in [5, 5.41) is 0. The van der Waals surface area contributed by atoms with Crippen LogP contribution in [-0.2, 0) is 0 Å². The summed E-state index contributed by atoms with van der Waals surface area (Å²) in [6, 6.07) is 1.99. The van der Waals surface area contributed by atoms with E-state index in [4.69, 9.17) is 5.73 Å². The highest BCUT2D eigenvalue weighted by Crippen LogP contribution is 2.24. The third-order valence-corrected chi connectivity index (χ3v) is 3.85. The van der Waals surface area contributed by atoms with E-state index in [-0.39, 0.29) is 11.9 Å². The number of halogens is 1. The molecule has 2 rings (SSSR count). The molecular formula is C12H18BrN3O. The van der Waals surface area contributed by atoms with E-state index in [9.17, 15) is 4.79 Å². The Bertz CT molecular complexity index is 404. The zero-order chi connectivity index (χ0) is 12.4. The quantitative estimate of drug-likeness (QED) is 0.877. The summed E-state index contributed by atoms with van der Waals surface area (Å²) in [4.78, 5) is 17.2. The van der Waals surface area contributed by atoms with Crippen LogP contribution in [0.15, 0.2) is 16.7 Å². The molecule has 1 aliphatic heterocycles. The summed E-state index contributed by atoms with van der Waals surface area (Å²) < 4.78 is 0.899. The first kappa shape index (κ1) is 12.6. The Kier molecular flexibility index (Phi) is 3.89. The van der Waals surface area contributed by atoms with Gasteiger partial charge in [0.2, 0.25) is 0 Å². The van der Waals surface area contributed by atoms with Crippen molar-refractivity contribution in [2.45, 2.75) is 25.8 Å². The van der Waals surface area contributed by atoms with Crippen molar-refractivity contribution in [3.05, 3.63) is 22.4 Å². The Morgan fingerprint density at radius 3 is 3.06 bits per heavy atom. The monoisotopic (exact) mass is 299 g/mol. The first-order chi connectivity index (χ1) is 8.11. The van der Waals surface area contributed by atoms with E-state index in [0.717, 1.165) is 23.9 Å². The summed E-state index contributed by atoms with van der Waals surface area (Å²) in [5.41, 5.74) is 6.39. The maximum absolute atomic E-state index is 12.3. The lowest BCUT2D eigenvalue weighted by Gasteiger charge is -2.37. The Morgan fingerprint density at radius 2 is 2.47 bits per heavy atom. The lowest BCUT2D eigenvalue weighted by molar-refractivity contribution is 0.0568. The number of nitrogens with two attached hydrogens (primary N) is 1. The molecule has 0 spiro atoms. The molecule has 1 fully saturated rings. The van der Waals surface area contributed by atoms with E-state index in [2.05, 4.69) is 27.8 Å². The van der Waals surface area contributed by atoms with E-state index < -0.39 is 0 Å². The highest BCUT2D eigenvalue weighted by molar-refractivity contribution is 9.10. The van der Waals surface area contributed by atoms with Gasteiger partial charge in [-0.1, -0.05) is 6.92 Å². The van der Waals surface area contributed by atoms with Gasteiger partial charge in [0.05, 0.1) is 0 Å². The molecule has 2 unspecified atom stereocenters. The molecule has 0 aliphatic carbocycles. The van der Waals surface area contributed by atoms with Crippen LogP contribution in [0.25, 0.3) is 0 Å². The third-order valence-electron chi connectivity index (χ3n) is 3.39. The number of nitrogens with zero attached hydrogens (tertiary/aromatic N) is 1. The highest BCUT2D eigenvalue weighted by atomic mass is 79.9. The molecule has 2 heterocycles. The second-order valence-electron chi connectivity index (χ2n) is 4.75. The highest BCUT2D eigenvalue weighted by Gasteiger charge is 2.29. The standard InChI is InChI=1S/C12H18BrN3O/c1-8-2-3-16(10(4-8)6-14)12(17)11-5-9(13)7-15-11/h5,7-8,10,15H,2-4,6,14H2,1H3. The maximum Gasteiger partial charge on any atom is 0.270 e. The zero-order valence-electron chi connectivity index (χ0n) is 9.95. The minimum Gasteiger partial charge on any atom is -0.356 e. The van der Waals surface area contributed by atoms with Crippen molar-refractivity contribution in [1.29, 1.82) is 0 Å². The van der Waals surface area contributed by atoms with E-state index >= 15 is 0 Å². The summed E-state index contributed by atoms with van der Waals surface area (Å²) in [5.74, 6) is 0.709. The van der Waals surface area contributed by atoms with Crippen molar-refractivity contribution in [2.75, 3.05) is 13.1 Å². The lowest BCUT2D eigenvalue weighted by atomic mass is 9.92. The fraction of sp³-hybridized carbons (Fsp3) is 0.583. The van der Waals surface area contributed by atoms with E-state index in [1.165, 1.54) is 0 Å². The van der Waals surface area contributed by atoms with Gasteiger partial charge in [0, 0.05) is 29.8 Å². The van der Waals surface area contributed by atoms with Gasteiger partial charge >= 0.3 is 0 Å². The summed E-state index contributed by atoms with van der Waals surface area (Å²) in [6.07, 6.45) is 3.84. The number of likely N-dealkylation sites (tertiary alicyclic amines) is 1. The number of amides is 1. The average molecular weight is 300 g/mol. The number of piperidine rings is 1. The second kappa shape index (κ2) is 5.23. The molecule has 1 aliphatic rings. The van der Waals surface area contributed by atoms with Gasteiger partial charge in [0.1, 0.15) is 5.69 Å². The smallest absolute Gasteiger partial charge is 0.270 e. The fourth-order valence-electron chi connectivity index (χ4n) is 2.39. The molecular weight excluding hydrogens is 282 g/mol. The van der Waals surface area contributed by atoms with Gasteiger partial charge in [-0.05, 0) is 40.8 Å². The van der Waals surface area contributed by atoms with Crippen LogP contribution in [-0.4, -0.2) is 34.9 Å². The molecule has 2 atom stereocenters. The Balaban J connectivity index is 2.13. The number of hydrogen-bond donors (Lipinski definition) is 2. The van der Waals surface area contributed by atoms with E-state index in [1.54, 1.807) is 6.20 Å². The molecule has 0 aromatic carbocycles. The van der Waals surface area contributed by atoms with Crippen molar-refractivity contribution >= 4 is 21.8 Å². The molecule has 0 saturated carbocycles. The van der Waals surface area contributed by atoms with Crippen LogP contribution in [0.5, 0.6) is 0 Å². The number of H-pyrrole nitrogens is 1. The van der Waals surface area contributed by atoms with Crippen LogP contribution in [0.4, 0.5) is 0 Å². The van der Waals surface area contributed by atoms with E-state index in [1.807, 2.05) is 11.0 Å². The molecule has 0 bridgehead atoms. The second-order valence-corrected chi connectivity index (χ2v) is 5.66. The average Bonchev–Trinajstić information content (AvgIpc) is 2.75. The van der Waals surface area contributed by atoms with Gasteiger partial charge in [0.15, 0.2) is 0 Å². The van der Waals surface area contributed by atoms with Crippen LogP contribution >= 0.6 is 15.9 Å². The van der Waals surface area contributed by atoms with E-state index in [0.29, 0.717) is 18.2 Å². The van der Waals surface area contributed by atoms with Crippen LogP contribution in [0.3, 0.4) is 0 Å². The predicted octanol–water partition coefficient (Wildman–Crippen LogP) is 1.98. The zero-order valence-corrected chi connectivity index (χ0v) is 11.5. The molecule has 1 amide bonds. The predicted molar refractivity (Wildman–Crippen MR) is 70.8 cm³/mol. The Labute approximate surface area is 110 Å². The van der Waals surface area contributed by atoms with Gasteiger partial charge < -0.3 is 15.6 Å². The van der Waals surface area contributed by atoms with Gasteiger partial charge in [0.25, 0.3) is 5.91 Å². The third kappa shape index (κ3) is 2.72. The largest absolute Gasteiger partial charge is 0.356 e. The molecule has 1 aromatic rings. The first-order valence-electron chi connectivity index (χ1n) is 5.96. The molecule has 17 heavy (non-hydrogen) atoms. The maximum atomic E-state index is 12.3. The number of rotatable bonds is 2. The molecule has 0 radical (unpaired) electrons. The van der Waals surface area contributed by atoms with Gasteiger partial charge in [-0.3, -0.25) is 4.79 Å². The number of carbonyl (C=O) groups is 1. The first-order valence-corrected chi connectivity index (χ1v) is 6.76. The molecule has 1 aromatic heterocycles. The minimum absolute atomic E-state index is 0.0538. The molecule has 5 heteroatoms. The summed E-state index contributed by atoms with van der Waals surface area (Å²) in [6.45, 7) is 3.56.